The molecule has 1 aliphatic carbocycles. The van der Waals surface area contributed by atoms with Crippen molar-refractivity contribution in [1.29, 1.82) is 0 Å². The van der Waals surface area contributed by atoms with Gasteiger partial charge in [0.15, 0.2) is 0 Å². The van der Waals surface area contributed by atoms with E-state index >= 15 is 0 Å². The first-order valence-corrected chi connectivity index (χ1v) is 20.8. The van der Waals surface area contributed by atoms with Gasteiger partial charge in [-0.3, -0.25) is 0 Å². The number of anilines is 3. The lowest BCUT2D eigenvalue weighted by atomic mass is 9.68. The van der Waals surface area contributed by atoms with E-state index in [0.29, 0.717) is 0 Å². The van der Waals surface area contributed by atoms with Gasteiger partial charge in [-0.1, -0.05) is 158 Å². The molecule has 11 aromatic rings. The molecule has 0 unspecified atom stereocenters. The van der Waals surface area contributed by atoms with E-state index in [9.17, 15) is 0 Å². The van der Waals surface area contributed by atoms with Crippen molar-refractivity contribution in [3.05, 3.63) is 241 Å². The zero-order valence-electron chi connectivity index (χ0n) is 31.6. The van der Waals surface area contributed by atoms with Crippen LogP contribution in [-0.4, -0.2) is 4.57 Å². The molecule has 0 fully saturated rings. The van der Waals surface area contributed by atoms with Gasteiger partial charge in [-0.15, -0.1) is 11.3 Å². The topological polar surface area (TPSA) is 8.17 Å². The lowest BCUT2D eigenvalue weighted by Crippen LogP contribution is -2.28. The van der Waals surface area contributed by atoms with Crippen LogP contribution in [0, 0.1) is 0 Å². The molecule has 272 valence electrons. The van der Waals surface area contributed by atoms with Gasteiger partial charge in [0.1, 0.15) is 0 Å². The molecular weight excluding hydrogens is 721 g/mol. The van der Waals surface area contributed by atoms with Crippen molar-refractivity contribution >= 4 is 70.4 Å². The first kappa shape index (κ1) is 33.0. The van der Waals surface area contributed by atoms with Gasteiger partial charge < -0.3 is 9.47 Å². The average molecular weight is 757 g/mol. The fourth-order valence-electron chi connectivity index (χ4n) is 9.91. The summed E-state index contributed by atoms with van der Waals surface area (Å²) < 4.78 is 5.02. The van der Waals surface area contributed by atoms with Crippen LogP contribution in [0.5, 0.6) is 0 Å². The number of thiophene rings is 1. The molecule has 1 aliphatic rings. The highest BCUT2D eigenvalue weighted by molar-refractivity contribution is 7.25. The van der Waals surface area contributed by atoms with Crippen molar-refractivity contribution in [2.24, 2.45) is 0 Å². The molecule has 0 saturated heterocycles. The van der Waals surface area contributed by atoms with E-state index < -0.39 is 5.41 Å². The van der Waals surface area contributed by atoms with E-state index in [1.54, 1.807) is 0 Å². The van der Waals surface area contributed by atoms with Crippen molar-refractivity contribution < 1.29 is 0 Å². The molecule has 0 spiro atoms. The molecule has 9 aromatic carbocycles. The Labute approximate surface area is 341 Å². The summed E-state index contributed by atoms with van der Waals surface area (Å²) in [5.74, 6) is 0. The number of hydrogen-bond donors (Lipinski definition) is 0. The first-order chi connectivity index (χ1) is 28.8. The third kappa shape index (κ3) is 4.71. The summed E-state index contributed by atoms with van der Waals surface area (Å²) in [6.45, 7) is 0. The van der Waals surface area contributed by atoms with Gasteiger partial charge in [-0.2, -0.15) is 0 Å². The van der Waals surface area contributed by atoms with Gasteiger partial charge in [0.2, 0.25) is 0 Å². The minimum atomic E-state index is -0.505. The Bertz CT molecular complexity index is 3260. The zero-order chi connectivity index (χ0) is 38.2. The number of para-hydroxylation sites is 2. The summed E-state index contributed by atoms with van der Waals surface area (Å²) in [5.41, 5.74) is 14.0. The molecule has 0 bridgehead atoms. The van der Waals surface area contributed by atoms with Crippen molar-refractivity contribution in [3.8, 4) is 16.8 Å². The monoisotopic (exact) mass is 756 g/mol. The Morgan fingerprint density at radius 1 is 0.397 bits per heavy atom. The highest BCUT2D eigenvalue weighted by Crippen LogP contribution is 2.59. The number of nitrogens with zero attached hydrogens (tertiary/aromatic N) is 2. The van der Waals surface area contributed by atoms with Crippen molar-refractivity contribution in [1.82, 2.24) is 4.57 Å². The summed E-state index contributed by atoms with van der Waals surface area (Å²) in [6, 6.07) is 80.6. The molecule has 2 nitrogen and oxygen atoms in total. The smallest absolute Gasteiger partial charge is 0.0714 e. The number of aromatic nitrogens is 1. The van der Waals surface area contributed by atoms with Crippen LogP contribution in [0.25, 0.3) is 58.8 Å². The van der Waals surface area contributed by atoms with Crippen LogP contribution in [0.1, 0.15) is 22.3 Å². The maximum atomic E-state index is 2.50. The second-order valence-corrected chi connectivity index (χ2v) is 16.3. The van der Waals surface area contributed by atoms with E-state index in [2.05, 4.69) is 228 Å². The summed E-state index contributed by atoms with van der Waals surface area (Å²) in [5, 5.41) is 5.08. The van der Waals surface area contributed by atoms with Crippen LogP contribution in [0.4, 0.5) is 17.1 Å². The van der Waals surface area contributed by atoms with Crippen molar-refractivity contribution in [3.63, 3.8) is 0 Å². The van der Waals surface area contributed by atoms with Crippen LogP contribution < -0.4 is 4.90 Å². The minimum Gasteiger partial charge on any atom is -0.310 e. The normalized spacial score (nSPS) is 13.0. The Kier molecular flexibility index (Phi) is 7.35. The van der Waals surface area contributed by atoms with Gasteiger partial charge in [0, 0.05) is 53.6 Å². The lowest BCUT2D eigenvalue weighted by Gasteiger charge is -2.34. The molecule has 0 saturated carbocycles. The molecule has 12 rings (SSSR count). The minimum absolute atomic E-state index is 0.505. The highest BCUT2D eigenvalue weighted by Gasteiger charge is 2.47. The third-order valence-corrected chi connectivity index (χ3v) is 13.4. The first-order valence-electron chi connectivity index (χ1n) is 19.9. The number of rotatable bonds is 6. The maximum absolute atomic E-state index is 2.50. The predicted octanol–water partition coefficient (Wildman–Crippen LogP) is 15.0. The molecule has 58 heavy (non-hydrogen) atoms. The number of fused-ring (bicyclic) bond motifs is 9. The molecule has 0 radical (unpaired) electrons. The van der Waals surface area contributed by atoms with E-state index in [1.165, 1.54) is 75.4 Å². The molecule has 3 heteroatoms. The Hall–Kier alpha value is -7.20. The maximum Gasteiger partial charge on any atom is 0.0714 e. The van der Waals surface area contributed by atoms with Gasteiger partial charge in [0.05, 0.1) is 22.1 Å². The van der Waals surface area contributed by atoms with E-state index in [4.69, 9.17) is 0 Å². The average Bonchev–Trinajstić information content (AvgIpc) is 3.94. The Morgan fingerprint density at radius 3 is 1.71 bits per heavy atom. The summed E-state index contributed by atoms with van der Waals surface area (Å²) in [6.07, 6.45) is 0. The Morgan fingerprint density at radius 2 is 0.966 bits per heavy atom. The summed E-state index contributed by atoms with van der Waals surface area (Å²) in [7, 11) is 0. The predicted molar refractivity (Wildman–Crippen MR) is 246 cm³/mol. The van der Waals surface area contributed by atoms with Gasteiger partial charge in [-0.25, -0.2) is 0 Å². The van der Waals surface area contributed by atoms with Crippen LogP contribution in [-0.2, 0) is 5.41 Å². The van der Waals surface area contributed by atoms with Crippen molar-refractivity contribution in [2.75, 3.05) is 4.90 Å². The molecule has 0 amide bonds. The quantitative estimate of drug-likeness (QED) is 0.164. The van der Waals surface area contributed by atoms with E-state index in [-0.39, 0.29) is 0 Å². The van der Waals surface area contributed by atoms with Crippen LogP contribution in [0.15, 0.2) is 218 Å². The molecule has 2 aromatic heterocycles. The molecular formula is C55H36N2S. The second-order valence-electron chi connectivity index (χ2n) is 15.2. The largest absolute Gasteiger partial charge is 0.310 e. The van der Waals surface area contributed by atoms with E-state index in [0.717, 1.165) is 22.7 Å². The SMILES string of the molecule is c1ccc(C2(c3ccccc3)c3ccccc3-c3c(N(c4cccc(-n5c6ccccc6c6ccccc65)c4)c4ccc5sc6ccccc6c5c4)cccc32)cc1. The van der Waals surface area contributed by atoms with Gasteiger partial charge in [0.25, 0.3) is 0 Å². The van der Waals surface area contributed by atoms with Gasteiger partial charge in [-0.05, 0) is 88.5 Å². The molecule has 2 heterocycles. The fraction of sp³-hybridized carbons (Fsp3) is 0.0182. The third-order valence-electron chi connectivity index (χ3n) is 12.2. The standard InChI is InChI=1S/C55H36N2S/c1-3-17-37(18-4-1)55(38-19-5-2-6-20-38)47-27-11-7-26-45(47)54-48(55)28-16-31-51(54)56(41-33-34-53-46(36-41)44-25-10-14-32-52(44)58-53)39-21-15-22-40(35-39)57-49-29-12-8-23-42(49)43-24-9-13-30-50(43)57/h1-36H. The van der Waals surface area contributed by atoms with Crippen LogP contribution >= 0.6 is 11.3 Å². The fourth-order valence-corrected chi connectivity index (χ4v) is 11.0. The zero-order valence-corrected chi connectivity index (χ0v) is 32.4. The molecule has 0 atom stereocenters. The Balaban J connectivity index is 1.17. The molecule has 0 N–H and O–H groups in total. The number of benzene rings is 9. The van der Waals surface area contributed by atoms with E-state index in [1.807, 2.05) is 11.3 Å². The highest BCUT2D eigenvalue weighted by atomic mass is 32.1. The number of hydrogen-bond acceptors (Lipinski definition) is 2. The van der Waals surface area contributed by atoms with Gasteiger partial charge >= 0.3 is 0 Å². The summed E-state index contributed by atoms with van der Waals surface area (Å²) in [4.78, 5) is 2.50. The van der Waals surface area contributed by atoms with Crippen LogP contribution in [0.3, 0.4) is 0 Å². The lowest BCUT2D eigenvalue weighted by molar-refractivity contribution is 0.768. The van der Waals surface area contributed by atoms with Crippen molar-refractivity contribution in [2.45, 2.75) is 5.41 Å². The summed E-state index contributed by atoms with van der Waals surface area (Å²) >= 11 is 1.86. The second kappa shape index (κ2) is 12.9. The van der Waals surface area contributed by atoms with Crippen LogP contribution in [0.2, 0.25) is 0 Å². The molecule has 0 aliphatic heterocycles.